The molecule has 0 radical (unpaired) electrons. The first-order chi connectivity index (χ1) is 9.61. The molecule has 0 saturated carbocycles. The highest BCUT2D eigenvalue weighted by Gasteiger charge is 2.14. The lowest BCUT2D eigenvalue weighted by atomic mass is 10.1. The smallest absolute Gasteiger partial charge is 0.251 e. The summed E-state index contributed by atoms with van der Waals surface area (Å²) in [6.07, 6.45) is 1.60. The van der Waals surface area contributed by atoms with Crippen molar-refractivity contribution in [2.45, 2.75) is 26.8 Å². The van der Waals surface area contributed by atoms with Gasteiger partial charge in [0.05, 0.1) is 18.9 Å². The molecule has 1 N–H and O–H groups in total. The van der Waals surface area contributed by atoms with Crippen LogP contribution < -0.4 is 10.1 Å². The number of aryl methyl sites for hydroxylation is 1. The highest BCUT2D eigenvalue weighted by atomic mass is 16.5. The van der Waals surface area contributed by atoms with Crippen molar-refractivity contribution < 1.29 is 13.9 Å². The Bertz CT molecular complexity index is 575. The molecule has 2 rings (SSSR count). The molecule has 0 spiro atoms. The van der Waals surface area contributed by atoms with E-state index in [1.54, 1.807) is 18.4 Å². The summed E-state index contributed by atoms with van der Waals surface area (Å²) in [7, 11) is 0. The summed E-state index contributed by atoms with van der Waals surface area (Å²) in [6.45, 7) is 6.36. The molecule has 1 amide bonds. The Hall–Kier alpha value is -2.23. The normalized spacial score (nSPS) is 11.9. The van der Waals surface area contributed by atoms with Crippen molar-refractivity contribution in [1.29, 1.82) is 0 Å². The second kappa shape index (κ2) is 6.28. The zero-order chi connectivity index (χ0) is 14.5. The summed E-state index contributed by atoms with van der Waals surface area (Å²) in [5.74, 6) is 1.42. The SMILES string of the molecule is CCOc1ccc(C(=O)NC(C)c2ccco2)cc1C. The van der Waals surface area contributed by atoms with Gasteiger partial charge in [0.15, 0.2) is 0 Å². The van der Waals surface area contributed by atoms with Gasteiger partial charge in [-0.1, -0.05) is 0 Å². The number of hydrogen-bond donors (Lipinski definition) is 1. The molecule has 0 saturated heterocycles. The molecule has 0 aliphatic carbocycles. The highest BCUT2D eigenvalue weighted by molar-refractivity contribution is 5.94. The molecular weight excluding hydrogens is 254 g/mol. The Labute approximate surface area is 118 Å². The van der Waals surface area contributed by atoms with Crippen molar-refractivity contribution in [2.24, 2.45) is 0 Å². The largest absolute Gasteiger partial charge is 0.494 e. The number of benzene rings is 1. The Morgan fingerprint density at radius 1 is 1.40 bits per heavy atom. The van der Waals surface area contributed by atoms with Gasteiger partial charge in [-0.3, -0.25) is 4.79 Å². The van der Waals surface area contributed by atoms with Crippen molar-refractivity contribution in [1.82, 2.24) is 5.32 Å². The van der Waals surface area contributed by atoms with Gasteiger partial charge in [0.2, 0.25) is 0 Å². The van der Waals surface area contributed by atoms with Crippen molar-refractivity contribution in [3.8, 4) is 5.75 Å². The lowest BCUT2D eigenvalue weighted by Gasteiger charge is -2.13. The summed E-state index contributed by atoms with van der Waals surface area (Å²) in [5.41, 5.74) is 1.56. The van der Waals surface area contributed by atoms with E-state index >= 15 is 0 Å². The average Bonchev–Trinajstić information content (AvgIpc) is 2.95. The summed E-state index contributed by atoms with van der Waals surface area (Å²) < 4.78 is 10.7. The van der Waals surface area contributed by atoms with E-state index in [-0.39, 0.29) is 11.9 Å². The molecule has 4 heteroatoms. The first-order valence-corrected chi connectivity index (χ1v) is 6.69. The second-order valence-electron chi connectivity index (χ2n) is 4.62. The van der Waals surface area contributed by atoms with Gasteiger partial charge in [-0.25, -0.2) is 0 Å². The van der Waals surface area contributed by atoms with Crippen molar-refractivity contribution in [3.63, 3.8) is 0 Å². The molecule has 106 valence electrons. The van der Waals surface area contributed by atoms with E-state index in [2.05, 4.69) is 5.32 Å². The second-order valence-corrected chi connectivity index (χ2v) is 4.62. The first-order valence-electron chi connectivity index (χ1n) is 6.69. The maximum atomic E-state index is 12.2. The average molecular weight is 273 g/mol. The fourth-order valence-corrected chi connectivity index (χ4v) is 2.00. The number of carbonyl (C=O) groups excluding carboxylic acids is 1. The minimum absolute atomic E-state index is 0.125. The standard InChI is InChI=1S/C16H19NO3/c1-4-19-14-8-7-13(10-11(14)2)16(18)17-12(3)15-6-5-9-20-15/h5-10,12H,4H2,1-3H3,(H,17,18). The van der Waals surface area contributed by atoms with Crippen LogP contribution in [0.25, 0.3) is 0 Å². The van der Waals surface area contributed by atoms with Crippen LogP contribution in [0, 0.1) is 6.92 Å². The molecule has 20 heavy (non-hydrogen) atoms. The van der Waals surface area contributed by atoms with Crippen LogP contribution in [0.2, 0.25) is 0 Å². The lowest BCUT2D eigenvalue weighted by Crippen LogP contribution is -2.26. The number of furan rings is 1. The number of rotatable bonds is 5. The van der Waals surface area contributed by atoms with Crippen LogP contribution in [-0.2, 0) is 0 Å². The molecule has 0 fully saturated rings. The van der Waals surface area contributed by atoms with Crippen LogP contribution in [0.4, 0.5) is 0 Å². The van der Waals surface area contributed by atoms with E-state index in [0.29, 0.717) is 12.2 Å². The van der Waals surface area contributed by atoms with E-state index in [1.807, 2.05) is 39.0 Å². The van der Waals surface area contributed by atoms with Crippen LogP contribution >= 0.6 is 0 Å². The first kappa shape index (κ1) is 14.2. The number of ether oxygens (including phenoxy) is 1. The minimum atomic E-state index is -0.163. The number of amides is 1. The number of nitrogens with one attached hydrogen (secondary N) is 1. The van der Waals surface area contributed by atoms with Crippen molar-refractivity contribution >= 4 is 5.91 Å². The maximum Gasteiger partial charge on any atom is 0.251 e. The van der Waals surface area contributed by atoms with Crippen LogP contribution in [-0.4, -0.2) is 12.5 Å². The summed E-state index contributed by atoms with van der Waals surface area (Å²) in [5, 5.41) is 2.90. The summed E-state index contributed by atoms with van der Waals surface area (Å²) in [4.78, 5) is 12.2. The molecule has 1 heterocycles. The number of hydrogen-bond acceptors (Lipinski definition) is 3. The monoisotopic (exact) mass is 273 g/mol. The van der Waals surface area contributed by atoms with Crippen molar-refractivity contribution in [3.05, 3.63) is 53.5 Å². The third-order valence-electron chi connectivity index (χ3n) is 3.05. The molecule has 0 bridgehead atoms. The van der Waals surface area contributed by atoms with E-state index in [4.69, 9.17) is 9.15 Å². The molecule has 0 aliphatic heterocycles. The Balaban J connectivity index is 2.07. The van der Waals surface area contributed by atoms with Gasteiger partial charge < -0.3 is 14.5 Å². The lowest BCUT2D eigenvalue weighted by molar-refractivity contribution is 0.0935. The zero-order valence-electron chi connectivity index (χ0n) is 12.0. The fourth-order valence-electron chi connectivity index (χ4n) is 2.00. The number of carbonyl (C=O) groups is 1. The molecule has 1 aromatic heterocycles. The summed E-state index contributed by atoms with van der Waals surface area (Å²) >= 11 is 0. The molecule has 2 aromatic rings. The van der Waals surface area contributed by atoms with Crippen molar-refractivity contribution in [2.75, 3.05) is 6.61 Å². The summed E-state index contributed by atoms with van der Waals surface area (Å²) in [6, 6.07) is 8.90. The van der Waals surface area contributed by atoms with Gasteiger partial charge in [-0.2, -0.15) is 0 Å². The molecule has 1 atom stereocenters. The predicted molar refractivity (Wildman–Crippen MR) is 76.9 cm³/mol. The quantitative estimate of drug-likeness (QED) is 0.907. The van der Waals surface area contributed by atoms with Crippen LogP contribution in [0.5, 0.6) is 5.75 Å². The minimum Gasteiger partial charge on any atom is -0.494 e. The Morgan fingerprint density at radius 2 is 2.20 bits per heavy atom. The molecular formula is C16H19NO3. The van der Waals surface area contributed by atoms with Crippen LogP contribution in [0.1, 0.15) is 41.6 Å². The Morgan fingerprint density at radius 3 is 2.80 bits per heavy atom. The van der Waals surface area contributed by atoms with E-state index in [1.165, 1.54) is 0 Å². The van der Waals surface area contributed by atoms with E-state index in [0.717, 1.165) is 17.1 Å². The molecule has 1 aromatic carbocycles. The Kier molecular flexibility index (Phi) is 4.45. The van der Waals surface area contributed by atoms with Gasteiger partial charge >= 0.3 is 0 Å². The topological polar surface area (TPSA) is 51.5 Å². The molecule has 0 aliphatic rings. The van der Waals surface area contributed by atoms with E-state index in [9.17, 15) is 4.79 Å². The highest BCUT2D eigenvalue weighted by Crippen LogP contribution is 2.20. The predicted octanol–water partition coefficient (Wildman–Crippen LogP) is 3.48. The van der Waals surface area contributed by atoms with E-state index < -0.39 is 0 Å². The maximum absolute atomic E-state index is 12.2. The van der Waals surface area contributed by atoms with Gasteiger partial charge in [0.1, 0.15) is 11.5 Å². The molecule has 4 nitrogen and oxygen atoms in total. The van der Waals surface area contributed by atoms with Crippen LogP contribution in [0.3, 0.4) is 0 Å². The fraction of sp³-hybridized carbons (Fsp3) is 0.312. The third kappa shape index (κ3) is 3.20. The van der Waals surface area contributed by atoms with Gasteiger partial charge in [-0.05, 0) is 56.7 Å². The zero-order valence-corrected chi connectivity index (χ0v) is 12.0. The van der Waals surface area contributed by atoms with Gasteiger partial charge in [-0.15, -0.1) is 0 Å². The van der Waals surface area contributed by atoms with Gasteiger partial charge in [0, 0.05) is 5.56 Å². The van der Waals surface area contributed by atoms with Crippen LogP contribution in [0.15, 0.2) is 41.0 Å². The third-order valence-corrected chi connectivity index (χ3v) is 3.05. The van der Waals surface area contributed by atoms with Gasteiger partial charge in [0.25, 0.3) is 5.91 Å². The molecule has 1 unspecified atom stereocenters.